The molecule has 2 amide bonds. The zero-order chi connectivity index (χ0) is 17.7. The monoisotopic (exact) mass is 344 g/mol. The van der Waals surface area contributed by atoms with Crippen molar-refractivity contribution in [2.45, 2.75) is 32.7 Å². The van der Waals surface area contributed by atoms with Crippen LogP contribution < -0.4 is 10.6 Å². The number of hydrogen-bond donors (Lipinski definition) is 2. The first kappa shape index (κ1) is 18.0. The van der Waals surface area contributed by atoms with Gasteiger partial charge in [0.2, 0.25) is 5.91 Å². The highest BCUT2D eigenvalue weighted by Crippen LogP contribution is 2.19. The first-order valence-corrected chi connectivity index (χ1v) is 8.22. The zero-order valence-electron chi connectivity index (χ0n) is 14.0. The Morgan fingerprint density at radius 1 is 1.00 bits per heavy atom. The number of anilines is 1. The zero-order valence-corrected chi connectivity index (χ0v) is 14.7. The van der Waals surface area contributed by atoms with Crippen molar-refractivity contribution < 1.29 is 9.59 Å². The fraction of sp³-hybridized carbons (Fsp3) is 0.263. The fourth-order valence-electron chi connectivity index (χ4n) is 2.21. The molecule has 0 heterocycles. The van der Waals surface area contributed by atoms with Crippen molar-refractivity contribution in [2.75, 3.05) is 5.32 Å². The average molecular weight is 345 g/mol. The van der Waals surface area contributed by atoms with Gasteiger partial charge in [0, 0.05) is 5.69 Å². The summed E-state index contributed by atoms with van der Waals surface area (Å²) in [6.07, 6.45) is 0. The van der Waals surface area contributed by atoms with Gasteiger partial charge in [0.1, 0.15) is 6.04 Å². The molecule has 0 fully saturated rings. The summed E-state index contributed by atoms with van der Waals surface area (Å²) in [6.45, 7) is 5.82. The van der Waals surface area contributed by atoms with E-state index in [0.717, 1.165) is 5.56 Å². The van der Waals surface area contributed by atoms with Gasteiger partial charge in [-0.2, -0.15) is 0 Å². The minimum atomic E-state index is -0.684. The van der Waals surface area contributed by atoms with Gasteiger partial charge < -0.3 is 10.6 Å². The summed E-state index contributed by atoms with van der Waals surface area (Å²) in [4.78, 5) is 24.5. The molecule has 0 aromatic heterocycles. The summed E-state index contributed by atoms with van der Waals surface area (Å²) in [5, 5.41) is 5.83. The molecule has 5 heteroatoms. The quantitative estimate of drug-likeness (QED) is 0.853. The van der Waals surface area contributed by atoms with E-state index in [9.17, 15) is 9.59 Å². The minimum absolute atomic E-state index is 0.281. The second-order valence-corrected chi connectivity index (χ2v) is 6.35. The number of amides is 2. The molecule has 24 heavy (non-hydrogen) atoms. The molecule has 1 atom stereocenters. The van der Waals surface area contributed by atoms with E-state index < -0.39 is 6.04 Å². The molecule has 0 saturated carbocycles. The molecule has 0 radical (unpaired) electrons. The second-order valence-electron chi connectivity index (χ2n) is 5.94. The van der Waals surface area contributed by atoms with Crippen LogP contribution in [0.3, 0.4) is 0 Å². The Morgan fingerprint density at radius 3 is 2.38 bits per heavy atom. The van der Waals surface area contributed by atoms with Crippen molar-refractivity contribution in [3.05, 3.63) is 64.7 Å². The summed E-state index contributed by atoms with van der Waals surface area (Å²) in [6, 6.07) is 13.7. The highest BCUT2D eigenvalue weighted by Gasteiger charge is 2.18. The molecule has 0 aliphatic rings. The lowest BCUT2D eigenvalue weighted by Crippen LogP contribution is -2.41. The Bertz CT molecular complexity index is 744. The van der Waals surface area contributed by atoms with E-state index in [1.54, 1.807) is 31.2 Å². The second kappa shape index (κ2) is 7.97. The number of hydrogen-bond acceptors (Lipinski definition) is 2. The molecule has 0 saturated heterocycles. The van der Waals surface area contributed by atoms with Gasteiger partial charge in [-0.15, -0.1) is 0 Å². The number of halogens is 1. The maximum atomic E-state index is 12.3. The topological polar surface area (TPSA) is 58.2 Å². The van der Waals surface area contributed by atoms with Crippen LogP contribution in [-0.4, -0.2) is 17.9 Å². The number of nitrogens with one attached hydrogen (secondary N) is 2. The van der Waals surface area contributed by atoms with E-state index in [2.05, 4.69) is 24.5 Å². The first-order valence-electron chi connectivity index (χ1n) is 7.84. The Labute approximate surface area is 147 Å². The van der Waals surface area contributed by atoms with Gasteiger partial charge in [-0.1, -0.05) is 49.7 Å². The highest BCUT2D eigenvalue weighted by atomic mass is 35.5. The van der Waals surface area contributed by atoms with Crippen molar-refractivity contribution in [2.24, 2.45) is 0 Å². The van der Waals surface area contributed by atoms with E-state index in [1.807, 2.05) is 24.3 Å². The van der Waals surface area contributed by atoms with E-state index in [4.69, 9.17) is 11.6 Å². The molecule has 0 bridgehead atoms. The van der Waals surface area contributed by atoms with Gasteiger partial charge in [-0.25, -0.2) is 0 Å². The average Bonchev–Trinajstić information content (AvgIpc) is 2.55. The van der Waals surface area contributed by atoms with Crippen LogP contribution in [0.25, 0.3) is 0 Å². The lowest BCUT2D eigenvalue weighted by molar-refractivity contribution is -0.117. The molecular weight excluding hydrogens is 324 g/mol. The summed E-state index contributed by atoms with van der Waals surface area (Å²) < 4.78 is 0. The lowest BCUT2D eigenvalue weighted by atomic mass is 10.0. The molecule has 4 nitrogen and oxygen atoms in total. The van der Waals surface area contributed by atoms with E-state index in [0.29, 0.717) is 22.2 Å². The number of rotatable bonds is 5. The molecule has 0 unspecified atom stereocenters. The lowest BCUT2D eigenvalue weighted by Gasteiger charge is -2.15. The van der Waals surface area contributed by atoms with Gasteiger partial charge in [-0.05, 0) is 42.7 Å². The Morgan fingerprint density at radius 2 is 1.71 bits per heavy atom. The molecule has 2 aromatic rings. The van der Waals surface area contributed by atoms with Crippen LogP contribution in [0.4, 0.5) is 5.69 Å². The smallest absolute Gasteiger partial charge is 0.253 e. The molecule has 0 aliphatic heterocycles. The summed E-state index contributed by atoms with van der Waals surface area (Å²) >= 11 is 6.00. The molecule has 0 aliphatic carbocycles. The molecule has 2 aromatic carbocycles. The number of carbonyl (C=O) groups is 2. The predicted octanol–water partition coefficient (Wildman–Crippen LogP) is 4.22. The third-order valence-electron chi connectivity index (χ3n) is 3.68. The molecule has 2 N–H and O–H groups in total. The predicted molar refractivity (Wildman–Crippen MR) is 97.5 cm³/mol. The largest absolute Gasteiger partial charge is 0.340 e. The third kappa shape index (κ3) is 4.59. The highest BCUT2D eigenvalue weighted by molar-refractivity contribution is 6.33. The normalized spacial score (nSPS) is 11.9. The van der Waals surface area contributed by atoms with Crippen molar-refractivity contribution in [3.8, 4) is 0 Å². The maximum absolute atomic E-state index is 12.3. The van der Waals surface area contributed by atoms with E-state index in [1.165, 1.54) is 0 Å². The van der Waals surface area contributed by atoms with Crippen LogP contribution >= 0.6 is 11.6 Å². The van der Waals surface area contributed by atoms with Crippen molar-refractivity contribution in [3.63, 3.8) is 0 Å². The van der Waals surface area contributed by atoms with Crippen LogP contribution in [0.5, 0.6) is 0 Å². The number of benzene rings is 2. The molecule has 0 spiro atoms. The van der Waals surface area contributed by atoms with Gasteiger partial charge in [-0.3, -0.25) is 9.59 Å². The number of carbonyl (C=O) groups excluding carboxylic acids is 2. The molecular formula is C19H21ClN2O2. The van der Waals surface area contributed by atoms with Crippen LogP contribution in [0.15, 0.2) is 48.5 Å². The van der Waals surface area contributed by atoms with Crippen molar-refractivity contribution in [1.82, 2.24) is 5.32 Å². The standard InChI is InChI=1S/C19H21ClN2O2/c1-12(2)14-7-6-8-15(11-14)22-18(23)13(3)21-19(24)16-9-4-5-10-17(16)20/h4-13H,1-3H3,(H,21,24)(H,22,23)/t13-/m0/s1. The minimum Gasteiger partial charge on any atom is -0.340 e. The van der Waals surface area contributed by atoms with Gasteiger partial charge in [0.25, 0.3) is 5.91 Å². The molecule has 126 valence electrons. The SMILES string of the molecule is CC(C)c1cccc(NC(=O)[C@H](C)NC(=O)c2ccccc2Cl)c1. The van der Waals surface area contributed by atoms with Gasteiger partial charge >= 0.3 is 0 Å². The van der Waals surface area contributed by atoms with Crippen molar-refractivity contribution >= 4 is 29.1 Å². The Balaban J connectivity index is 2.01. The van der Waals surface area contributed by atoms with Gasteiger partial charge in [0.15, 0.2) is 0 Å². The third-order valence-corrected chi connectivity index (χ3v) is 4.01. The van der Waals surface area contributed by atoms with Crippen LogP contribution in [0.1, 0.15) is 42.6 Å². The Hall–Kier alpha value is -2.33. The molecule has 2 rings (SSSR count). The van der Waals surface area contributed by atoms with Crippen molar-refractivity contribution in [1.29, 1.82) is 0 Å². The maximum Gasteiger partial charge on any atom is 0.253 e. The van der Waals surface area contributed by atoms with E-state index >= 15 is 0 Å². The summed E-state index contributed by atoms with van der Waals surface area (Å²) in [7, 11) is 0. The fourth-order valence-corrected chi connectivity index (χ4v) is 2.43. The van der Waals surface area contributed by atoms with Crippen LogP contribution in [0.2, 0.25) is 5.02 Å². The summed E-state index contributed by atoms with van der Waals surface area (Å²) in [5.41, 5.74) is 2.20. The first-order chi connectivity index (χ1) is 11.4. The van der Waals surface area contributed by atoms with Crippen LogP contribution in [-0.2, 0) is 4.79 Å². The Kier molecular flexibility index (Phi) is 5.99. The van der Waals surface area contributed by atoms with E-state index in [-0.39, 0.29) is 11.8 Å². The van der Waals surface area contributed by atoms with Crippen LogP contribution in [0, 0.1) is 0 Å². The van der Waals surface area contributed by atoms with Gasteiger partial charge in [0.05, 0.1) is 10.6 Å². The summed E-state index contributed by atoms with van der Waals surface area (Å²) in [5.74, 6) is -0.283.